The van der Waals surface area contributed by atoms with Gasteiger partial charge in [-0.25, -0.2) is 0 Å². The third-order valence-electron chi connectivity index (χ3n) is 18.0. The van der Waals surface area contributed by atoms with E-state index in [1.807, 2.05) is 109 Å². The molecule has 0 saturated heterocycles. The second-order valence-electron chi connectivity index (χ2n) is 25.3. The van der Waals surface area contributed by atoms with Crippen LogP contribution < -0.4 is 63.4 Å². The Kier molecular flexibility index (Phi) is 33.4. The number of fused-ring (bicyclic) bond motifs is 3. The minimum Gasteiger partial charge on any atom is -0.870 e. The van der Waals surface area contributed by atoms with Crippen LogP contribution in [0.25, 0.3) is 22.3 Å². The third-order valence-corrected chi connectivity index (χ3v) is 18.8. The van der Waals surface area contributed by atoms with Crippen LogP contribution in [0.15, 0.2) is 205 Å². The van der Waals surface area contributed by atoms with Crippen molar-refractivity contribution in [3.63, 3.8) is 0 Å². The Labute approximate surface area is 678 Å². The molecule has 113 heavy (non-hydrogen) atoms. The molecule has 9 aromatic rings. The number of rotatable bonds is 21. The van der Waals surface area contributed by atoms with E-state index in [0.29, 0.717) is 11.5 Å². The Morgan fingerprint density at radius 3 is 1.03 bits per heavy atom. The first-order valence-corrected chi connectivity index (χ1v) is 35.7. The Balaban J connectivity index is 0.000000217. The van der Waals surface area contributed by atoms with Crippen LogP contribution in [0.5, 0.6) is 34.5 Å². The van der Waals surface area contributed by atoms with Gasteiger partial charge in [-0.1, -0.05) is 155 Å². The summed E-state index contributed by atoms with van der Waals surface area (Å²) >= 11 is 3.62. The zero-order valence-electron chi connectivity index (χ0n) is 62.0. The van der Waals surface area contributed by atoms with Crippen LogP contribution in [0.2, 0.25) is 0 Å². The minimum atomic E-state index is -4.74. The number of hydrogen-bond acceptors (Lipinski definition) is 14. The number of carbonyl (C=O) groups is 3. The zero-order valence-corrected chi connectivity index (χ0v) is 65.6. The fraction of sp³-hybridized carbons (Fsp3) is 0.267. The Bertz CT molecular complexity index is 4840. The van der Waals surface area contributed by atoms with E-state index < -0.39 is 37.9 Å². The van der Waals surface area contributed by atoms with Crippen molar-refractivity contribution in [2.24, 2.45) is 0 Å². The molecule has 27 heteroatoms. The number of aliphatic carboxylic acids is 1. The van der Waals surface area contributed by atoms with Crippen molar-refractivity contribution in [2.75, 3.05) is 14.2 Å². The Morgan fingerprint density at radius 1 is 0.434 bits per heavy atom. The van der Waals surface area contributed by atoms with E-state index in [9.17, 15) is 53.9 Å². The summed E-state index contributed by atoms with van der Waals surface area (Å²) in [4.78, 5) is 34.4. The minimum absolute atomic E-state index is 0. The van der Waals surface area contributed by atoms with Crippen molar-refractivity contribution in [1.29, 1.82) is 0 Å². The standard InChI is InChI=1S/C29H25F3O4.C28H23F3O4.C22H21BrO3.C7H6BF3O3.Na.H2O/c1-3-5-21(18-28(33)34-2)19-8-12-22(13-9-19)35-27-17-16-25-24(6-4-7-26(25)27)20-10-14-23(15-11-20)36-29(30,31)32;1-2-4-20(17-27(32)33)18-7-11-21(12-8-18)34-26-16-15-24-23(5-3-6-25(24)26)19-9-13-22(14-10-19)35-28(29,30)31;1-3-5-16(14-22(24)25-2)15-8-10-17(11-9-15)26-21-13-12-18-19(21)6-4-7-20(18)23;9-7(10,11)14-6-3-1-5(2-4-6)8(12)13;;/h4,6-15,21,27H,16-18H2,1-2H3;3,5-14,20,26H,15-17H2,1H3,(H,32,33);4,6-11,16,21H,12-14H2,1-2H3;1-4,12-13H;;1H2/q;;;;+1;/p-1/t21-,27?;20-,26?;16-,21?;;;/m000.../s1. The molecule has 9 aromatic carbocycles. The average molecular weight is 1630 g/mol. The summed E-state index contributed by atoms with van der Waals surface area (Å²) in [6.07, 6.45) is -8.90. The first-order chi connectivity index (χ1) is 53.0. The summed E-state index contributed by atoms with van der Waals surface area (Å²) < 4.78 is 151. The maximum atomic E-state index is 12.5. The molecule has 4 N–H and O–H groups in total. The van der Waals surface area contributed by atoms with Crippen molar-refractivity contribution in [1.82, 2.24) is 0 Å². The van der Waals surface area contributed by atoms with E-state index in [-0.39, 0.29) is 119 Å². The van der Waals surface area contributed by atoms with Gasteiger partial charge in [-0.05, 0) is 216 Å². The normalized spacial score (nSPS) is 14.8. The molecule has 0 aromatic heterocycles. The van der Waals surface area contributed by atoms with Gasteiger partial charge in [-0.3, -0.25) is 14.4 Å². The molecule has 15 nitrogen and oxygen atoms in total. The van der Waals surface area contributed by atoms with Crippen LogP contribution in [-0.4, -0.2) is 79.0 Å². The van der Waals surface area contributed by atoms with Crippen molar-refractivity contribution in [2.45, 2.75) is 134 Å². The second-order valence-corrected chi connectivity index (χ2v) is 26.2. The van der Waals surface area contributed by atoms with Gasteiger partial charge >= 0.3 is 73.7 Å². The predicted octanol–water partition coefficient (Wildman–Crippen LogP) is 16.2. The number of methoxy groups -OCH3 is 2. The average Bonchev–Trinajstić information content (AvgIpc) is 1.68. The van der Waals surface area contributed by atoms with E-state index in [1.54, 1.807) is 45.0 Å². The van der Waals surface area contributed by atoms with Crippen molar-refractivity contribution in [3.05, 3.63) is 255 Å². The monoisotopic (exact) mass is 1630 g/mol. The van der Waals surface area contributed by atoms with Gasteiger partial charge in [0, 0.05) is 4.47 Å². The number of carboxylic acids is 1. The van der Waals surface area contributed by atoms with E-state index in [0.717, 1.165) is 134 Å². The van der Waals surface area contributed by atoms with Gasteiger partial charge in [0.15, 0.2) is 0 Å². The summed E-state index contributed by atoms with van der Waals surface area (Å²) in [5.74, 6) is 16.6. The SMILES string of the molecule is CC#C[C@@H](CC(=O)O)c1ccc(OC2CCc3c(-c4ccc(OC(F)(F)F)cc4)cccc32)cc1.CC#C[C@@H](CC(=O)OC)c1ccc(OC2CCc3c(-c4ccc(OC(F)(F)F)cc4)cccc32)cc1.CC#C[C@@H](CC(=O)OC)c1ccc(OC2CCc3c(Br)cccc32)cc1.OB(O)c1ccc(OC(F)(F)F)cc1.[Na+].[OH-]. The summed E-state index contributed by atoms with van der Waals surface area (Å²) in [7, 11) is 1.06. The fourth-order valence-corrected chi connectivity index (χ4v) is 13.6. The number of hydrogen-bond donors (Lipinski definition) is 3. The number of benzene rings is 9. The van der Waals surface area contributed by atoms with Crippen LogP contribution in [0.4, 0.5) is 39.5 Å². The van der Waals surface area contributed by atoms with Gasteiger partial charge in [-0.2, -0.15) is 0 Å². The maximum Gasteiger partial charge on any atom is 1.00 e. The molecule has 12 rings (SSSR count). The number of carbonyl (C=O) groups excluding carboxylic acids is 2. The summed E-state index contributed by atoms with van der Waals surface area (Å²) in [6.45, 7) is 5.19. The molecule has 0 bridgehead atoms. The molecule has 0 amide bonds. The van der Waals surface area contributed by atoms with E-state index in [4.69, 9.17) is 38.8 Å². The quantitative estimate of drug-likeness (QED) is 0.0264. The molecule has 0 spiro atoms. The van der Waals surface area contributed by atoms with Crippen molar-refractivity contribution >= 4 is 46.4 Å². The number of alkyl halides is 9. The smallest absolute Gasteiger partial charge is 0.870 e. The topological polar surface area (TPSA) is 216 Å². The summed E-state index contributed by atoms with van der Waals surface area (Å²) in [5.41, 5.74) is 13.3. The zero-order chi connectivity index (χ0) is 80.0. The maximum absolute atomic E-state index is 12.5. The van der Waals surface area contributed by atoms with Crippen LogP contribution in [0.3, 0.4) is 0 Å². The molecule has 0 fully saturated rings. The first-order valence-electron chi connectivity index (χ1n) is 34.9. The number of ether oxygens (including phenoxy) is 8. The van der Waals surface area contributed by atoms with Gasteiger partial charge in [-0.15, -0.1) is 57.3 Å². The molecule has 584 valence electrons. The summed E-state index contributed by atoms with van der Waals surface area (Å²) in [6, 6.07) is 56.8. The molecule has 3 unspecified atom stereocenters. The third kappa shape index (κ3) is 26.6. The molecule has 0 radical (unpaired) electrons. The predicted molar refractivity (Wildman–Crippen MR) is 405 cm³/mol. The van der Waals surface area contributed by atoms with Crippen LogP contribution in [0, 0.1) is 35.5 Å². The van der Waals surface area contributed by atoms with Crippen LogP contribution in [0.1, 0.15) is 145 Å². The molecule has 0 heterocycles. The number of halogens is 10. The Morgan fingerprint density at radius 2 is 0.726 bits per heavy atom. The molecular formula is C86H76BBrF9NaO15. The van der Waals surface area contributed by atoms with Crippen molar-refractivity contribution in [3.8, 4) is 92.3 Å². The van der Waals surface area contributed by atoms with E-state index in [2.05, 4.69) is 83.9 Å². The van der Waals surface area contributed by atoms with Gasteiger partial charge in [0.1, 0.15) is 52.8 Å². The van der Waals surface area contributed by atoms with Crippen LogP contribution >= 0.6 is 15.9 Å². The second kappa shape index (κ2) is 42.0. The molecule has 0 aliphatic heterocycles. The first kappa shape index (κ1) is 89.9. The van der Waals surface area contributed by atoms with E-state index in [1.165, 1.54) is 49.6 Å². The van der Waals surface area contributed by atoms with E-state index >= 15 is 0 Å². The number of esters is 2. The van der Waals surface area contributed by atoms with Crippen LogP contribution in [-0.2, 0) is 43.1 Å². The summed E-state index contributed by atoms with van der Waals surface area (Å²) in [5, 5.41) is 26.4. The fourth-order valence-electron chi connectivity index (χ4n) is 13.0. The number of carboxylic acid groups (broad SMARTS) is 1. The Hall–Kier alpha value is -10.3. The van der Waals surface area contributed by atoms with Crippen molar-refractivity contribution < 1.29 is 142 Å². The molecule has 3 aliphatic carbocycles. The van der Waals surface area contributed by atoms with Gasteiger partial charge < -0.3 is 58.5 Å². The van der Waals surface area contributed by atoms with Gasteiger partial charge in [0.2, 0.25) is 0 Å². The molecule has 0 saturated carbocycles. The molecule has 6 atom stereocenters. The largest absolute Gasteiger partial charge is 1.00 e. The van der Waals surface area contributed by atoms with Gasteiger partial charge in [0.25, 0.3) is 0 Å². The molecule has 3 aliphatic rings. The molecular weight excluding hydrogens is 1560 g/mol. The van der Waals surface area contributed by atoms with Gasteiger partial charge in [0.05, 0.1) is 51.2 Å².